The molecule has 0 unspecified atom stereocenters. The Labute approximate surface area is 158 Å². The Balaban J connectivity index is 1.57. The van der Waals surface area contributed by atoms with Gasteiger partial charge in [0.05, 0.1) is 0 Å². The number of hydrogen-bond donors (Lipinski definition) is 0. The van der Waals surface area contributed by atoms with Gasteiger partial charge >= 0.3 is 7.94 Å². The van der Waals surface area contributed by atoms with Crippen molar-refractivity contribution in [2.45, 2.75) is 95.4 Å². The third-order valence-electron chi connectivity index (χ3n) is 5.35. The van der Waals surface area contributed by atoms with Gasteiger partial charge in [-0.2, -0.15) is 13.6 Å². The summed E-state index contributed by atoms with van der Waals surface area (Å²) >= 11 is 0. The summed E-state index contributed by atoms with van der Waals surface area (Å²) in [5.74, 6) is 0. The van der Waals surface area contributed by atoms with E-state index in [0.717, 1.165) is 0 Å². The molecule has 3 saturated carbocycles. The zero-order valence-corrected chi connectivity index (χ0v) is 17.5. The quantitative estimate of drug-likeness (QED) is 0.321. The molecule has 7 heteroatoms. The van der Waals surface area contributed by atoms with E-state index in [4.69, 9.17) is 13.6 Å². The van der Waals surface area contributed by atoms with Crippen LogP contribution in [0.1, 0.15) is 77.0 Å². The highest BCUT2D eigenvalue weighted by Crippen LogP contribution is 2.79. The fourth-order valence-corrected chi connectivity index (χ4v) is 12.7. The van der Waals surface area contributed by atoms with Crippen molar-refractivity contribution < 1.29 is 13.6 Å². The van der Waals surface area contributed by atoms with Gasteiger partial charge in [0.1, 0.15) is 18.3 Å². The van der Waals surface area contributed by atoms with Crippen LogP contribution in [0.25, 0.3) is 0 Å². The molecule has 4 rings (SSSR count). The Morgan fingerprint density at radius 1 is 0.708 bits per heavy atom. The summed E-state index contributed by atoms with van der Waals surface area (Å²) in [5, 5.41) is 2.24. The Morgan fingerprint density at radius 2 is 1.12 bits per heavy atom. The Morgan fingerprint density at radius 3 is 1.46 bits per heavy atom. The van der Waals surface area contributed by atoms with Gasteiger partial charge in [-0.1, -0.05) is 38.5 Å². The molecule has 0 radical (unpaired) electrons. The average molecular weight is 408 g/mol. The molecule has 0 atom stereocenters. The molecule has 0 saturated heterocycles. The molecule has 0 aromatic heterocycles. The van der Waals surface area contributed by atoms with Gasteiger partial charge in [-0.15, -0.1) is 0 Å². The first-order valence-electron chi connectivity index (χ1n) is 9.49. The molecule has 24 heavy (non-hydrogen) atoms. The normalized spacial score (nSPS) is 27.4. The minimum atomic E-state index is -2.41. The lowest BCUT2D eigenvalue weighted by Crippen LogP contribution is -2.22. The minimum absolute atomic E-state index is 0.332. The van der Waals surface area contributed by atoms with Crippen LogP contribution in [-0.4, -0.2) is 18.3 Å². The fourth-order valence-electron chi connectivity index (χ4n) is 4.05. The first-order valence-corrected chi connectivity index (χ1v) is 14.6. The zero-order valence-electron chi connectivity index (χ0n) is 14.2. The molecular weight excluding hydrogens is 379 g/mol. The van der Waals surface area contributed by atoms with Gasteiger partial charge < -0.3 is 0 Å². The standard InChI is InChI=1S/C17H28O3PS3/c1-2-8-14(7-1)18-21(17-13-22-24-23-17,19-15-9-3-4-10-15)20-16-11-5-6-12-16/h13-16H,1-12H2/q+1. The van der Waals surface area contributed by atoms with Crippen LogP contribution in [-0.2, 0) is 13.6 Å². The fraction of sp³-hybridized carbons (Fsp3) is 0.882. The van der Waals surface area contributed by atoms with Crippen LogP contribution in [0.3, 0.4) is 0 Å². The third kappa shape index (κ3) is 4.49. The van der Waals surface area contributed by atoms with Crippen molar-refractivity contribution in [2.24, 2.45) is 0 Å². The van der Waals surface area contributed by atoms with Crippen molar-refractivity contribution in [1.29, 1.82) is 0 Å². The van der Waals surface area contributed by atoms with Crippen molar-refractivity contribution >= 4 is 39.4 Å². The lowest BCUT2D eigenvalue weighted by Gasteiger charge is -2.28. The smallest absolute Gasteiger partial charge is 0.170 e. The number of hydrogen-bond acceptors (Lipinski definition) is 6. The van der Waals surface area contributed by atoms with Gasteiger partial charge in [0, 0.05) is 16.2 Å². The summed E-state index contributed by atoms with van der Waals surface area (Å²) < 4.78 is 21.5. The van der Waals surface area contributed by atoms with E-state index in [1.54, 1.807) is 10.8 Å². The summed E-state index contributed by atoms with van der Waals surface area (Å²) in [6.45, 7) is 0. The van der Waals surface area contributed by atoms with Crippen LogP contribution in [0.15, 0.2) is 10.1 Å². The van der Waals surface area contributed by atoms with E-state index in [1.165, 1.54) is 81.7 Å². The highest BCUT2D eigenvalue weighted by molar-refractivity contribution is 9.12. The van der Waals surface area contributed by atoms with Gasteiger partial charge in [-0.25, -0.2) is 0 Å². The predicted octanol–water partition coefficient (Wildman–Crippen LogP) is 7.47. The number of rotatable bonds is 7. The Bertz CT molecular complexity index is 399. The van der Waals surface area contributed by atoms with Crippen LogP contribution in [0.2, 0.25) is 0 Å². The van der Waals surface area contributed by atoms with Crippen LogP contribution >= 0.6 is 39.4 Å². The van der Waals surface area contributed by atoms with Crippen molar-refractivity contribution in [1.82, 2.24) is 0 Å². The summed E-state index contributed by atoms with van der Waals surface area (Å²) in [7, 11) is 3.01. The maximum atomic E-state index is 6.76. The molecule has 3 nitrogen and oxygen atoms in total. The molecule has 1 heterocycles. The summed E-state index contributed by atoms with van der Waals surface area (Å²) in [6.07, 6.45) is 15.7. The van der Waals surface area contributed by atoms with E-state index >= 15 is 0 Å². The Kier molecular flexibility index (Phi) is 6.82. The summed E-state index contributed by atoms with van der Waals surface area (Å²) in [5.41, 5.74) is 0. The van der Waals surface area contributed by atoms with Crippen LogP contribution in [0.4, 0.5) is 0 Å². The monoisotopic (exact) mass is 407 g/mol. The summed E-state index contributed by atoms with van der Waals surface area (Å²) in [4.78, 5) is 0. The molecule has 136 valence electrons. The molecule has 1 aliphatic heterocycles. The van der Waals surface area contributed by atoms with E-state index in [-0.39, 0.29) is 0 Å². The molecule has 0 bridgehead atoms. The average Bonchev–Trinajstić information content (AvgIpc) is 3.37. The molecule has 4 aliphatic rings. The molecule has 0 amide bonds. The minimum Gasteiger partial charge on any atom is -0.170 e. The van der Waals surface area contributed by atoms with E-state index in [2.05, 4.69) is 5.41 Å². The molecule has 3 fully saturated rings. The van der Waals surface area contributed by atoms with E-state index < -0.39 is 7.94 Å². The molecule has 3 aliphatic carbocycles. The van der Waals surface area contributed by atoms with Crippen LogP contribution < -0.4 is 0 Å². The van der Waals surface area contributed by atoms with E-state index in [1.807, 2.05) is 20.6 Å². The van der Waals surface area contributed by atoms with E-state index in [0.29, 0.717) is 18.3 Å². The van der Waals surface area contributed by atoms with Gasteiger partial charge in [0.25, 0.3) is 0 Å². The zero-order chi connectivity index (χ0) is 16.2. The van der Waals surface area contributed by atoms with Gasteiger partial charge in [-0.3, -0.25) is 0 Å². The predicted molar refractivity (Wildman–Crippen MR) is 108 cm³/mol. The third-order valence-corrected chi connectivity index (χ3v) is 12.7. The van der Waals surface area contributed by atoms with Crippen LogP contribution in [0, 0.1) is 0 Å². The van der Waals surface area contributed by atoms with Crippen molar-refractivity contribution in [2.75, 3.05) is 0 Å². The van der Waals surface area contributed by atoms with Crippen molar-refractivity contribution in [3.8, 4) is 0 Å². The highest BCUT2D eigenvalue weighted by atomic mass is 33.5. The molecule has 0 spiro atoms. The topological polar surface area (TPSA) is 27.7 Å². The first-order chi connectivity index (χ1) is 11.8. The maximum absolute atomic E-state index is 6.76. The van der Waals surface area contributed by atoms with E-state index in [9.17, 15) is 0 Å². The molecular formula is C17H28O3PS3+. The van der Waals surface area contributed by atoms with Gasteiger partial charge in [0.2, 0.25) is 4.65 Å². The SMILES string of the molecule is C1=C([P+](OC2CCCC2)(OC2CCCC2)OC2CCCC2)SSS1. The largest absolute Gasteiger partial charge is 0.457 e. The second kappa shape index (κ2) is 8.86. The lowest BCUT2D eigenvalue weighted by molar-refractivity contribution is 0.0569. The second-order valence-electron chi connectivity index (χ2n) is 7.24. The second-order valence-corrected chi connectivity index (χ2v) is 13.5. The molecule has 0 aromatic rings. The molecule has 0 aromatic carbocycles. The lowest BCUT2D eigenvalue weighted by atomic mass is 10.3. The van der Waals surface area contributed by atoms with Gasteiger partial charge in [-0.05, 0) is 59.1 Å². The van der Waals surface area contributed by atoms with Gasteiger partial charge in [0.15, 0.2) is 0 Å². The highest BCUT2D eigenvalue weighted by Gasteiger charge is 2.58. The summed E-state index contributed by atoms with van der Waals surface area (Å²) in [6, 6.07) is 0. The van der Waals surface area contributed by atoms with Crippen molar-refractivity contribution in [3.63, 3.8) is 0 Å². The van der Waals surface area contributed by atoms with Crippen LogP contribution in [0.5, 0.6) is 0 Å². The van der Waals surface area contributed by atoms with Crippen molar-refractivity contribution in [3.05, 3.63) is 10.1 Å². The Hall–Kier alpha value is 1.10. The molecule has 0 N–H and O–H groups in total. The maximum Gasteiger partial charge on any atom is 0.457 e. The first kappa shape index (κ1) is 18.5.